The van der Waals surface area contributed by atoms with Crippen LogP contribution < -0.4 is 0 Å². The summed E-state index contributed by atoms with van der Waals surface area (Å²) in [5.74, 6) is 1.72. The normalized spacial score (nSPS) is 36.4. The number of aliphatic hydroxyl groups excluding tert-OH is 1. The van der Waals surface area contributed by atoms with Gasteiger partial charge >= 0.3 is 0 Å². The average Bonchev–Trinajstić information content (AvgIpc) is 2.18. The molecule has 3 atom stereocenters. The van der Waals surface area contributed by atoms with Crippen molar-refractivity contribution in [1.82, 2.24) is 0 Å². The zero-order valence-corrected chi connectivity index (χ0v) is 9.09. The zero-order chi connectivity index (χ0) is 10.0. The molecule has 0 radical (unpaired) electrons. The van der Waals surface area contributed by atoms with E-state index >= 15 is 0 Å². The second-order valence-electron chi connectivity index (χ2n) is 4.83. The van der Waals surface area contributed by atoms with E-state index in [1.165, 1.54) is 5.57 Å². The van der Waals surface area contributed by atoms with Gasteiger partial charge in [-0.3, -0.25) is 0 Å². The van der Waals surface area contributed by atoms with Gasteiger partial charge in [0.15, 0.2) is 0 Å². The fourth-order valence-corrected chi connectivity index (χ4v) is 2.27. The van der Waals surface area contributed by atoms with E-state index in [0.717, 1.165) is 19.3 Å². The Morgan fingerprint density at radius 1 is 1.46 bits per heavy atom. The molecule has 0 unspecified atom stereocenters. The van der Waals surface area contributed by atoms with Gasteiger partial charge in [0, 0.05) is 0 Å². The summed E-state index contributed by atoms with van der Waals surface area (Å²) in [6, 6.07) is 0. The molecule has 0 bridgehead atoms. The van der Waals surface area contributed by atoms with Crippen LogP contribution in [0.3, 0.4) is 0 Å². The number of allylic oxidation sites excluding steroid dienone is 1. The van der Waals surface area contributed by atoms with Gasteiger partial charge in [-0.1, -0.05) is 32.9 Å². The molecule has 1 aliphatic carbocycles. The van der Waals surface area contributed by atoms with Crippen molar-refractivity contribution in [2.75, 3.05) is 0 Å². The molecule has 0 aliphatic heterocycles. The summed E-state index contributed by atoms with van der Waals surface area (Å²) in [7, 11) is 0. The average molecular weight is 182 g/mol. The van der Waals surface area contributed by atoms with Gasteiger partial charge in [-0.15, -0.1) is 0 Å². The Morgan fingerprint density at radius 3 is 2.62 bits per heavy atom. The van der Waals surface area contributed by atoms with Crippen LogP contribution in [-0.2, 0) is 0 Å². The van der Waals surface area contributed by atoms with Crippen LogP contribution >= 0.6 is 0 Å². The number of rotatable bonds is 1. The Hall–Kier alpha value is -0.300. The highest BCUT2D eigenvalue weighted by Gasteiger charge is 2.27. The second kappa shape index (κ2) is 4.28. The minimum Gasteiger partial charge on any atom is -0.393 e. The molecule has 1 rings (SSSR count). The molecule has 0 aromatic carbocycles. The molecule has 1 saturated carbocycles. The van der Waals surface area contributed by atoms with E-state index < -0.39 is 0 Å². The third kappa shape index (κ3) is 2.57. The molecule has 1 fully saturated rings. The van der Waals surface area contributed by atoms with Gasteiger partial charge < -0.3 is 5.11 Å². The van der Waals surface area contributed by atoms with Crippen LogP contribution in [0.25, 0.3) is 0 Å². The van der Waals surface area contributed by atoms with Crippen molar-refractivity contribution in [3.8, 4) is 0 Å². The third-order valence-electron chi connectivity index (χ3n) is 3.37. The molecular formula is C12H22O. The summed E-state index contributed by atoms with van der Waals surface area (Å²) >= 11 is 0. The van der Waals surface area contributed by atoms with Gasteiger partial charge in [0.25, 0.3) is 0 Å². The largest absolute Gasteiger partial charge is 0.393 e. The molecule has 0 saturated heterocycles. The van der Waals surface area contributed by atoms with Crippen molar-refractivity contribution in [3.63, 3.8) is 0 Å². The van der Waals surface area contributed by atoms with Crippen LogP contribution in [0.5, 0.6) is 0 Å². The fourth-order valence-electron chi connectivity index (χ4n) is 2.27. The molecular weight excluding hydrogens is 160 g/mol. The van der Waals surface area contributed by atoms with Crippen molar-refractivity contribution in [1.29, 1.82) is 0 Å². The highest BCUT2D eigenvalue weighted by Crippen LogP contribution is 2.35. The summed E-state index contributed by atoms with van der Waals surface area (Å²) in [4.78, 5) is 0. The van der Waals surface area contributed by atoms with Crippen LogP contribution in [0, 0.1) is 17.8 Å². The molecule has 0 aromatic rings. The van der Waals surface area contributed by atoms with Crippen LogP contribution in [0.2, 0.25) is 0 Å². The van der Waals surface area contributed by atoms with E-state index in [1.54, 1.807) is 0 Å². The van der Waals surface area contributed by atoms with Crippen molar-refractivity contribution in [2.45, 2.75) is 46.1 Å². The summed E-state index contributed by atoms with van der Waals surface area (Å²) in [5.41, 5.74) is 1.35. The van der Waals surface area contributed by atoms with E-state index in [2.05, 4.69) is 27.4 Å². The maximum atomic E-state index is 9.73. The van der Waals surface area contributed by atoms with Crippen LogP contribution in [0.15, 0.2) is 12.2 Å². The number of aliphatic hydroxyl groups is 1. The SMILES string of the molecule is C=C1CC[C@H](O)[C@@H](C)C[C@H]1C(C)C. The van der Waals surface area contributed by atoms with Crippen LogP contribution in [0.4, 0.5) is 0 Å². The predicted octanol–water partition coefficient (Wildman–Crippen LogP) is 3.00. The summed E-state index contributed by atoms with van der Waals surface area (Å²) in [5, 5.41) is 9.73. The van der Waals surface area contributed by atoms with Crippen molar-refractivity contribution in [2.24, 2.45) is 17.8 Å². The lowest BCUT2D eigenvalue weighted by molar-refractivity contribution is 0.104. The molecule has 13 heavy (non-hydrogen) atoms. The van der Waals surface area contributed by atoms with Gasteiger partial charge in [0.05, 0.1) is 6.10 Å². The lowest BCUT2D eigenvalue weighted by Crippen LogP contribution is -2.18. The topological polar surface area (TPSA) is 20.2 Å². The Labute approximate surface area is 81.9 Å². The van der Waals surface area contributed by atoms with E-state index in [4.69, 9.17) is 0 Å². The molecule has 1 heteroatoms. The van der Waals surface area contributed by atoms with E-state index in [9.17, 15) is 5.11 Å². The van der Waals surface area contributed by atoms with E-state index in [1.807, 2.05) is 0 Å². The first-order chi connectivity index (χ1) is 6.02. The molecule has 1 N–H and O–H groups in total. The molecule has 0 heterocycles. The number of hydrogen-bond acceptors (Lipinski definition) is 1. The Kier molecular flexibility index (Phi) is 3.55. The molecule has 0 aromatic heterocycles. The van der Waals surface area contributed by atoms with E-state index in [0.29, 0.717) is 17.8 Å². The summed E-state index contributed by atoms with van der Waals surface area (Å²) < 4.78 is 0. The van der Waals surface area contributed by atoms with Gasteiger partial charge in [-0.2, -0.15) is 0 Å². The molecule has 76 valence electrons. The first-order valence-electron chi connectivity index (χ1n) is 5.38. The van der Waals surface area contributed by atoms with Crippen LogP contribution in [-0.4, -0.2) is 11.2 Å². The van der Waals surface area contributed by atoms with Crippen molar-refractivity contribution in [3.05, 3.63) is 12.2 Å². The van der Waals surface area contributed by atoms with Gasteiger partial charge in [-0.05, 0) is 37.0 Å². The Morgan fingerprint density at radius 2 is 2.08 bits per heavy atom. The van der Waals surface area contributed by atoms with Crippen molar-refractivity contribution >= 4 is 0 Å². The highest BCUT2D eigenvalue weighted by atomic mass is 16.3. The Bertz CT molecular complexity index is 184. The molecule has 1 aliphatic rings. The van der Waals surface area contributed by atoms with Gasteiger partial charge in [0.1, 0.15) is 0 Å². The lowest BCUT2D eigenvalue weighted by Gasteiger charge is -2.23. The minimum absolute atomic E-state index is 0.111. The second-order valence-corrected chi connectivity index (χ2v) is 4.83. The van der Waals surface area contributed by atoms with Crippen LogP contribution in [0.1, 0.15) is 40.0 Å². The predicted molar refractivity (Wildman–Crippen MR) is 56.5 cm³/mol. The smallest absolute Gasteiger partial charge is 0.0569 e. The molecule has 1 nitrogen and oxygen atoms in total. The summed E-state index contributed by atoms with van der Waals surface area (Å²) in [6.07, 6.45) is 2.91. The monoisotopic (exact) mass is 182 g/mol. The summed E-state index contributed by atoms with van der Waals surface area (Å²) in [6.45, 7) is 10.8. The number of hydrogen-bond donors (Lipinski definition) is 1. The minimum atomic E-state index is -0.111. The van der Waals surface area contributed by atoms with Gasteiger partial charge in [0.2, 0.25) is 0 Å². The maximum absolute atomic E-state index is 9.73. The Balaban J connectivity index is 2.68. The molecule has 0 amide bonds. The quantitative estimate of drug-likeness (QED) is 0.488. The highest BCUT2D eigenvalue weighted by molar-refractivity contribution is 5.05. The maximum Gasteiger partial charge on any atom is 0.0569 e. The zero-order valence-electron chi connectivity index (χ0n) is 9.09. The molecule has 0 spiro atoms. The van der Waals surface area contributed by atoms with Gasteiger partial charge in [-0.25, -0.2) is 0 Å². The van der Waals surface area contributed by atoms with Crippen molar-refractivity contribution < 1.29 is 5.11 Å². The first kappa shape index (κ1) is 10.8. The van der Waals surface area contributed by atoms with E-state index in [-0.39, 0.29) is 6.10 Å². The third-order valence-corrected chi connectivity index (χ3v) is 3.37. The fraction of sp³-hybridized carbons (Fsp3) is 0.833. The lowest BCUT2D eigenvalue weighted by atomic mass is 9.83. The first-order valence-corrected chi connectivity index (χ1v) is 5.38. The standard InChI is InChI=1S/C12H22O/c1-8(2)11-7-10(4)12(13)6-5-9(11)3/h8,10-13H,3,5-7H2,1-2,4H3/t10-,11-,12-/m0/s1.